The molecule has 4 aromatic rings. The molecule has 0 spiro atoms. The van der Waals surface area contributed by atoms with Crippen LogP contribution in [0.4, 0.5) is 0 Å². The van der Waals surface area contributed by atoms with Gasteiger partial charge in [-0.05, 0) is 33.4 Å². The Labute approximate surface area is 177 Å². The third-order valence-electron chi connectivity index (χ3n) is 6.33. The zero-order valence-corrected chi connectivity index (χ0v) is 16.7. The maximum Gasteiger partial charge on any atom is 0.127 e. The van der Waals surface area contributed by atoms with Crippen LogP contribution in [0.3, 0.4) is 0 Å². The molecule has 0 aliphatic heterocycles. The number of fused-ring (bicyclic) bond motifs is 3. The average molecular weight is 392 g/mol. The lowest BCUT2D eigenvalue weighted by Crippen LogP contribution is -2.54. The Balaban J connectivity index is 1.76. The summed E-state index contributed by atoms with van der Waals surface area (Å²) in [6, 6.07) is 35.6. The largest absolute Gasteiger partial charge is 0.381 e. The van der Waals surface area contributed by atoms with Gasteiger partial charge in [-0.25, -0.2) is 0 Å². The molecule has 1 aliphatic carbocycles. The van der Waals surface area contributed by atoms with E-state index < -0.39 is 11.2 Å². The summed E-state index contributed by atoms with van der Waals surface area (Å²) < 4.78 is 0. The van der Waals surface area contributed by atoms with E-state index in [1.54, 1.807) is 0 Å². The minimum absolute atomic E-state index is 0.322. The predicted molar refractivity (Wildman–Crippen MR) is 120 cm³/mol. The fourth-order valence-electron chi connectivity index (χ4n) is 4.87. The smallest absolute Gasteiger partial charge is 0.127 e. The van der Waals surface area contributed by atoms with Gasteiger partial charge in [-0.3, -0.25) is 0 Å². The Bertz CT molecular complexity index is 1070. The highest BCUT2D eigenvalue weighted by Crippen LogP contribution is 2.54. The van der Waals surface area contributed by atoms with Gasteiger partial charge in [0.1, 0.15) is 11.2 Å². The highest BCUT2D eigenvalue weighted by atomic mass is 16.4. The van der Waals surface area contributed by atoms with Crippen molar-refractivity contribution in [3.8, 4) is 11.1 Å². The molecule has 0 bridgehead atoms. The van der Waals surface area contributed by atoms with Crippen molar-refractivity contribution in [3.63, 3.8) is 0 Å². The van der Waals surface area contributed by atoms with Crippen LogP contribution in [0.2, 0.25) is 0 Å². The lowest BCUT2D eigenvalue weighted by molar-refractivity contribution is -0.166. The van der Waals surface area contributed by atoms with Crippen molar-refractivity contribution in [2.75, 3.05) is 0 Å². The summed E-state index contributed by atoms with van der Waals surface area (Å²) in [5.74, 6) is 0. The fraction of sp³-hybridized carbons (Fsp3) is 0.143. The number of hydrogen-bond donors (Lipinski definition) is 2. The van der Waals surface area contributed by atoms with Gasteiger partial charge in [0, 0.05) is 12.8 Å². The van der Waals surface area contributed by atoms with E-state index in [2.05, 4.69) is 0 Å². The zero-order valence-electron chi connectivity index (χ0n) is 16.7. The van der Waals surface area contributed by atoms with E-state index in [0.29, 0.717) is 12.8 Å². The molecular formula is C28H24O2. The summed E-state index contributed by atoms with van der Waals surface area (Å²) in [5.41, 5.74) is 2.51. The van der Waals surface area contributed by atoms with Gasteiger partial charge >= 0.3 is 0 Å². The number of hydrogen-bond acceptors (Lipinski definition) is 2. The molecule has 2 N–H and O–H groups in total. The molecule has 0 fully saturated rings. The first-order valence-electron chi connectivity index (χ1n) is 10.3. The predicted octanol–water partition coefficient (Wildman–Crippen LogP) is 5.23. The first kappa shape index (κ1) is 18.8. The third-order valence-corrected chi connectivity index (χ3v) is 6.33. The van der Waals surface area contributed by atoms with Crippen LogP contribution >= 0.6 is 0 Å². The maximum atomic E-state index is 12.4. The van der Waals surface area contributed by atoms with Crippen molar-refractivity contribution < 1.29 is 10.2 Å². The van der Waals surface area contributed by atoms with Gasteiger partial charge in [-0.15, -0.1) is 0 Å². The SMILES string of the molecule is OC1(Cc2ccccc2)c2ccccc2-c2ccccc2C1(O)Cc1ccccc1. The molecule has 0 heterocycles. The van der Waals surface area contributed by atoms with E-state index >= 15 is 0 Å². The van der Waals surface area contributed by atoms with Crippen LogP contribution in [0.1, 0.15) is 22.3 Å². The maximum absolute atomic E-state index is 12.4. The van der Waals surface area contributed by atoms with Gasteiger partial charge in [0.2, 0.25) is 0 Å². The van der Waals surface area contributed by atoms with E-state index in [9.17, 15) is 10.2 Å². The molecule has 4 aromatic carbocycles. The molecule has 1 aliphatic rings. The van der Waals surface area contributed by atoms with Crippen molar-refractivity contribution in [1.29, 1.82) is 0 Å². The number of aliphatic hydroxyl groups is 2. The van der Waals surface area contributed by atoms with Crippen LogP contribution in [0.5, 0.6) is 0 Å². The van der Waals surface area contributed by atoms with Crippen LogP contribution in [0, 0.1) is 0 Å². The van der Waals surface area contributed by atoms with Gasteiger partial charge in [0.15, 0.2) is 0 Å². The summed E-state index contributed by atoms with van der Waals surface area (Å²) in [4.78, 5) is 0. The van der Waals surface area contributed by atoms with Gasteiger partial charge in [0.25, 0.3) is 0 Å². The summed E-state index contributed by atoms with van der Waals surface area (Å²) in [7, 11) is 0. The van der Waals surface area contributed by atoms with Crippen molar-refractivity contribution in [2.24, 2.45) is 0 Å². The summed E-state index contributed by atoms with van der Waals surface area (Å²) in [5, 5.41) is 24.7. The molecular weight excluding hydrogens is 368 g/mol. The molecule has 0 amide bonds. The molecule has 0 aromatic heterocycles. The quantitative estimate of drug-likeness (QED) is 0.499. The normalized spacial score (nSPS) is 22.2. The standard InChI is InChI=1S/C28H24O2/c29-27(19-21-11-3-1-4-12-21)25-17-9-7-15-23(25)24-16-8-10-18-26(24)28(27,30)20-22-13-5-2-6-14-22/h1-18,29-30H,19-20H2. The molecule has 2 heteroatoms. The molecule has 0 saturated heterocycles. The van der Waals surface area contributed by atoms with Gasteiger partial charge in [-0.2, -0.15) is 0 Å². The molecule has 148 valence electrons. The number of rotatable bonds is 4. The van der Waals surface area contributed by atoms with Crippen LogP contribution in [0.15, 0.2) is 109 Å². The molecule has 30 heavy (non-hydrogen) atoms. The fourth-order valence-corrected chi connectivity index (χ4v) is 4.87. The second-order valence-electron chi connectivity index (χ2n) is 8.14. The van der Waals surface area contributed by atoms with Gasteiger partial charge < -0.3 is 10.2 Å². The highest BCUT2D eigenvalue weighted by Gasteiger charge is 2.55. The van der Waals surface area contributed by atoms with Crippen LogP contribution in [-0.4, -0.2) is 10.2 Å². The van der Waals surface area contributed by atoms with E-state index in [1.165, 1.54) is 0 Å². The summed E-state index contributed by atoms with van der Waals surface area (Å²) in [6.45, 7) is 0. The number of benzene rings is 4. The molecule has 2 unspecified atom stereocenters. The van der Waals surface area contributed by atoms with Crippen molar-refractivity contribution >= 4 is 0 Å². The first-order valence-corrected chi connectivity index (χ1v) is 10.3. The Kier molecular flexibility index (Phi) is 4.54. The van der Waals surface area contributed by atoms with Crippen molar-refractivity contribution in [1.82, 2.24) is 0 Å². The molecule has 2 atom stereocenters. The third kappa shape index (κ3) is 2.88. The van der Waals surface area contributed by atoms with E-state index in [-0.39, 0.29) is 0 Å². The second kappa shape index (κ2) is 7.24. The second-order valence-corrected chi connectivity index (χ2v) is 8.14. The van der Waals surface area contributed by atoms with E-state index in [1.807, 2.05) is 109 Å². The molecule has 0 saturated carbocycles. The summed E-state index contributed by atoms with van der Waals surface area (Å²) in [6.07, 6.45) is 0.644. The zero-order chi connectivity index (χ0) is 20.6. The molecule has 5 rings (SSSR count). The Morgan fingerprint density at radius 2 is 0.767 bits per heavy atom. The minimum Gasteiger partial charge on any atom is -0.381 e. The average Bonchev–Trinajstić information content (AvgIpc) is 2.79. The monoisotopic (exact) mass is 392 g/mol. The topological polar surface area (TPSA) is 40.5 Å². The summed E-state index contributed by atoms with van der Waals surface area (Å²) >= 11 is 0. The minimum atomic E-state index is -1.48. The van der Waals surface area contributed by atoms with Crippen LogP contribution in [0.25, 0.3) is 11.1 Å². The Morgan fingerprint density at radius 1 is 0.433 bits per heavy atom. The van der Waals surface area contributed by atoms with Crippen LogP contribution < -0.4 is 0 Å². The Morgan fingerprint density at radius 3 is 1.17 bits per heavy atom. The van der Waals surface area contributed by atoms with E-state index in [0.717, 1.165) is 33.4 Å². The van der Waals surface area contributed by atoms with Gasteiger partial charge in [-0.1, -0.05) is 109 Å². The lowest BCUT2D eigenvalue weighted by Gasteiger charge is -2.49. The molecule has 0 radical (unpaired) electrons. The lowest BCUT2D eigenvalue weighted by atomic mass is 9.61. The van der Waals surface area contributed by atoms with Crippen LogP contribution in [-0.2, 0) is 24.0 Å². The Hall–Kier alpha value is -3.20. The van der Waals surface area contributed by atoms with Crippen molar-refractivity contribution in [3.05, 3.63) is 131 Å². The molecule has 2 nitrogen and oxygen atoms in total. The van der Waals surface area contributed by atoms with Crippen molar-refractivity contribution in [2.45, 2.75) is 24.0 Å². The van der Waals surface area contributed by atoms with E-state index in [4.69, 9.17) is 0 Å². The van der Waals surface area contributed by atoms with Gasteiger partial charge in [0.05, 0.1) is 0 Å². The first-order chi connectivity index (χ1) is 14.6. The highest BCUT2D eigenvalue weighted by molar-refractivity contribution is 5.77.